The molecule has 0 spiro atoms. The molecule has 1 atom stereocenters. The highest BCUT2D eigenvalue weighted by Gasteiger charge is 2.51. The van der Waals surface area contributed by atoms with Gasteiger partial charge in [-0.25, -0.2) is 9.69 Å². The van der Waals surface area contributed by atoms with Crippen molar-refractivity contribution < 1.29 is 27.9 Å². The summed E-state index contributed by atoms with van der Waals surface area (Å²) < 4.78 is 36.3. The summed E-state index contributed by atoms with van der Waals surface area (Å²) in [7, 11) is 0. The molecule has 1 fully saturated rings. The second-order valence-electron chi connectivity index (χ2n) is 2.64. The number of carbonyl (C=O) groups excluding carboxylic acids is 1. The van der Waals surface area contributed by atoms with Crippen LogP contribution in [-0.4, -0.2) is 34.2 Å². The van der Waals surface area contributed by atoms with Gasteiger partial charge in [-0.1, -0.05) is 0 Å². The van der Waals surface area contributed by atoms with E-state index in [4.69, 9.17) is 5.11 Å². The Hall–Kier alpha value is -1.27. The number of amides is 2. The largest absolute Gasteiger partial charge is 0.465 e. The van der Waals surface area contributed by atoms with Gasteiger partial charge in [-0.2, -0.15) is 13.2 Å². The highest BCUT2D eigenvalue weighted by atomic mass is 19.4. The van der Waals surface area contributed by atoms with E-state index in [1.807, 2.05) is 0 Å². The van der Waals surface area contributed by atoms with E-state index in [1.54, 1.807) is 0 Å². The summed E-state index contributed by atoms with van der Waals surface area (Å²) >= 11 is 0. The predicted molar refractivity (Wildman–Crippen MR) is 33.9 cm³/mol. The van der Waals surface area contributed by atoms with E-state index in [9.17, 15) is 22.8 Å². The Balaban J connectivity index is 2.88. The minimum atomic E-state index is -4.66. The molecule has 0 saturated carbocycles. The van der Waals surface area contributed by atoms with Gasteiger partial charge in [0.05, 0.1) is 0 Å². The van der Waals surface area contributed by atoms with Crippen LogP contribution in [-0.2, 0) is 4.79 Å². The highest BCUT2D eigenvalue weighted by molar-refractivity contribution is 5.93. The summed E-state index contributed by atoms with van der Waals surface area (Å²) in [6.45, 7) is 0. The quantitative estimate of drug-likeness (QED) is 0.635. The van der Waals surface area contributed by atoms with Crippen LogP contribution in [0.2, 0.25) is 0 Å². The molecule has 1 saturated heterocycles. The first-order valence-electron chi connectivity index (χ1n) is 3.45. The van der Waals surface area contributed by atoms with Crippen LogP contribution in [0.4, 0.5) is 18.0 Å². The van der Waals surface area contributed by atoms with Crippen LogP contribution in [0.15, 0.2) is 0 Å². The maximum atomic E-state index is 12.1. The van der Waals surface area contributed by atoms with Crippen molar-refractivity contribution in [2.24, 2.45) is 0 Å². The number of likely N-dealkylation sites (tertiary alicyclic amines) is 1. The Morgan fingerprint density at radius 2 is 2.08 bits per heavy atom. The van der Waals surface area contributed by atoms with Crippen molar-refractivity contribution in [1.82, 2.24) is 4.90 Å². The lowest BCUT2D eigenvalue weighted by molar-refractivity contribution is -0.175. The fraction of sp³-hybridized carbons (Fsp3) is 0.667. The zero-order valence-corrected chi connectivity index (χ0v) is 6.34. The number of hydrogen-bond acceptors (Lipinski definition) is 2. The predicted octanol–water partition coefficient (Wildman–Crippen LogP) is 1.22. The molecule has 1 aliphatic heterocycles. The Labute approximate surface area is 70.9 Å². The zero-order chi connectivity index (χ0) is 10.2. The van der Waals surface area contributed by atoms with Crippen molar-refractivity contribution in [3.05, 3.63) is 0 Å². The molecule has 0 unspecified atom stereocenters. The number of imide groups is 1. The molecule has 1 aliphatic rings. The van der Waals surface area contributed by atoms with Crippen molar-refractivity contribution in [3.8, 4) is 0 Å². The summed E-state index contributed by atoms with van der Waals surface area (Å²) in [5.74, 6) is -0.991. The topological polar surface area (TPSA) is 57.6 Å². The molecule has 0 aromatic rings. The average Bonchev–Trinajstić information content (AvgIpc) is 2.28. The van der Waals surface area contributed by atoms with Crippen molar-refractivity contribution in [1.29, 1.82) is 0 Å². The Morgan fingerprint density at radius 3 is 2.38 bits per heavy atom. The first-order chi connectivity index (χ1) is 5.84. The van der Waals surface area contributed by atoms with Crippen LogP contribution in [0.3, 0.4) is 0 Å². The van der Waals surface area contributed by atoms with Gasteiger partial charge in [-0.15, -0.1) is 0 Å². The minimum absolute atomic E-state index is 0.153. The summed E-state index contributed by atoms with van der Waals surface area (Å²) in [4.78, 5) is 20.8. The zero-order valence-electron chi connectivity index (χ0n) is 6.34. The molecule has 0 aliphatic carbocycles. The minimum Gasteiger partial charge on any atom is -0.465 e. The van der Waals surface area contributed by atoms with Crippen LogP contribution in [0, 0.1) is 0 Å². The van der Waals surface area contributed by atoms with Crippen LogP contribution < -0.4 is 0 Å². The number of alkyl halides is 3. The molecule has 13 heavy (non-hydrogen) atoms. The fourth-order valence-corrected chi connectivity index (χ4v) is 1.23. The number of hydrogen-bond donors (Lipinski definition) is 1. The second kappa shape index (κ2) is 2.90. The molecule has 0 aromatic carbocycles. The smallest absolute Gasteiger partial charge is 0.414 e. The van der Waals surface area contributed by atoms with E-state index in [0.717, 1.165) is 0 Å². The monoisotopic (exact) mass is 197 g/mol. The lowest BCUT2D eigenvalue weighted by Crippen LogP contribution is -2.45. The Bertz CT molecular complexity index is 250. The Morgan fingerprint density at radius 1 is 1.54 bits per heavy atom. The standard InChI is InChI=1S/C6H6F3NO3/c7-6(8,9)3-1-2-4(11)10(3)5(12)13/h3H,1-2H2,(H,12,13)/t3-/m1/s1. The van der Waals surface area contributed by atoms with Gasteiger partial charge in [0.2, 0.25) is 5.91 Å². The van der Waals surface area contributed by atoms with Gasteiger partial charge in [0, 0.05) is 6.42 Å². The van der Waals surface area contributed by atoms with Crippen molar-refractivity contribution in [2.45, 2.75) is 25.1 Å². The van der Waals surface area contributed by atoms with Crippen LogP contribution in [0.25, 0.3) is 0 Å². The maximum absolute atomic E-state index is 12.1. The average molecular weight is 197 g/mol. The van der Waals surface area contributed by atoms with Gasteiger partial charge in [-0.05, 0) is 6.42 Å². The third kappa shape index (κ3) is 1.73. The van der Waals surface area contributed by atoms with Crippen molar-refractivity contribution >= 4 is 12.0 Å². The maximum Gasteiger partial charge on any atom is 0.414 e. The highest BCUT2D eigenvalue weighted by Crippen LogP contribution is 2.33. The molecule has 2 amide bonds. The fourth-order valence-electron chi connectivity index (χ4n) is 1.23. The first-order valence-corrected chi connectivity index (χ1v) is 3.45. The number of rotatable bonds is 0. The molecular weight excluding hydrogens is 191 g/mol. The van der Waals surface area contributed by atoms with Gasteiger partial charge in [0.15, 0.2) is 0 Å². The van der Waals surface area contributed by atoms with Crippen LogP contribution in [0.1, 0.15) is 12.8 Å². The molecule has 0 aromatic heterocycles. The Kier molecular flexibility index (Phi) is 2.19. The van der Waals surface area contributed by atoms with Gasteiger partial charge in [0.25, 0.3) is 0 Å². The third-order valence-corrected chi connectivity index (χ3v) is 1.80. The SMILES string of the molecule is O=C(O)N1C(=O)CC[C@@H]1C(F)(F)F. The third-order valence-electron chi connectivity index (χ3n) is 1.80. The number of halogens is 3. The molecule has 7 heteroatoms. The second-order valence-corrected chi connectivity index (χ2v) is 2.64. The molecular formula is C6H6F3NO3. The van der Waals surface area contributed by atoms with Gasteiger partial charge in [0.1, 0.15) is 6.04 Å². The molecule has 74 valence electrons. The van der Waals surface area contributed by atoms with E-state index in [-0.39, 0.29) is 11.3 Å². The number of nitrogens with zero attached hydrogens (tertiary/aromatic N) is 1. The van der Waals surface area contributed by atoms with E-state index in [2.05, 4.69) is 0 Å². The summed E-state index contributed by atoms with van der Waals surface area (Å²) in [6.07, 6.45) is -7.35. The molecule has 1 heterocycles. The van der Waals surface area contributed by atoms with Crippen molar-refractivity contribution in [3.63, 3.8) is 0 Å². The van der Waals surface area contributed by atoms with Crippen molar-refractivity contribution in [2.75, 3.05) is 0 Å². The normalized spacial score (nSPS) is 23.8. The molecule has 1 rings (SSSR count). The first kappa shape index (κ1) is 9.82. The summed E-state index contributed by atoms with van der Waals surface area (Å²) in [6, 6.07) is -2.17. The number of carboxylic acid groups (broad SMARTS) is 1. The van der Waals surface area contributed by atoms with E-state index in [1.165, 1.54) is 0 Å². The van der Waals surface area contributed by atoms with E-state index < -0.39 is 30.6 Å². The van der Waals surface area contributed by atoms with E-state index in [0.29, 0.717) is 0 Å². The summed E-state index contributed by atoms with van der Waals surface area (Å²) in [5, 5.41) is 8.32. The number of carbonyl (C=O) groups is 2. The van der Waals surface area contributed by atoms with E-state index >= 15 is 0 Å². The van der Waals surface area contributed by atoms with Crippen LogP contribution in [0.5, 0.6) is 0 Å². The lowest BCUT2D eigenvalue weighted by atomic mass is 10.2. The van der Waals surface area contributed by atoms with Gasteiger partial charge < -0.3 is 5.11 Å². The summed E-state index contributed by atoms with van der Waals surface area (Å²) in [5.41, 5.74) is 0. The molecule has 4 nitrogen and oxygen atoms in total. The lowest BCUT2D eigenvalue weighted by Gasteiger charge is -2.21. The molecule has 0 bridgehead atoms. The molecule has 1 N–H and O–H groups in total. The van der Waals surface area contributed by atoms with Gasteiger partial charge >= 0.3 is 12.3 Å². The van der Waals surface area contributed by atoms with Crippen LogP contribution >= 0.6 is 0 Å². The van der Waals surface area contributed by atoms with Gasteiger partial charge in [-0.3, -0.25) is 4.79 Å². The molecule has 0 radical (unpaired) electrons.